The third-order valence-corrected chi connectivity index (χ3v) is 4.87. The minimum Gasteiger partial charge on any atom is -0.481 e. The molecule has 118 valence electrons. The largest absolute Gasteiger partial charge is 0.481 e. The first kappa shape index (κ1) is 17.5. The second-order valence-electron chi connectivity index (χ2n) is 6.75. The fraction of sp³-hybridized carbons (Fsp3) is 0.941. The maximum absolute atomic E-state index is 11.8. The van der Waals surface area contributed by atoms with Gasteiger partial charge in [0, 0.05) is 6.54 Å². The van der Waals surface area contributed by atoms with Gasteiger partial charge in [0.15, 0.2) is 0 Å². The number of unbranched alkanes of at least 4 members (excludes halogenated alkanes) is 2. The zero-order valence-electron chi connectivity index (χ0n) is 13.7. The first-order valence-electron chi connectivity index (χ1n) is 8.50. The Kier molecular flexibility index (Phi) is 7.57. The van der Waals surface area contributed by atoms with Gasteiger partial charge in [-0.15, -0.1) is 0 Å². The van der Waals surface area contributed by atoms with Gasteiger partial charge in [-0.2, -0.15) is 0 Å². The van der Waals surface area contributed by atoms with Gasteiger partial charge in [0.1, 0.15) is 0 Å². The molecule has 1 aliphatic carbocycles. The summed E-state index contributed by atoms with van der Waals surface area (Å²) in [5, 5.41) is 9.75. The van der Waals surface area contributed by atoms with Gasteiger partial charge >= 0.3 is 5.97 Å². The van der Waals surface area contributed by atoms with Gasteiger partial charge in [-0.1, -0.05) is 33.6 Å². The van der Waals surface area contributed by atoms with E-state index in [1.165, 1.54) is 25.7 Å². The maximum atomic E-state index is 11.8. The van der Waals surface area contributed by atoms with Crippen molar-refractivity contribution in [2.24, 2.45) is 11.3 Å². The summed E-state index contributed by atoms with van der Waals surface area (Å²) in [4.78, 5) is 14.3. The van der Waals surface area contributed by atoms with E-state index in [0.29, 0.717) is 5.92 Å². The van der Waals surface area contributed by atoms with Crippen molar-refractivity contribution in [2.75, 3.05) is 19.6 Å². The van der Waals surface area contributed by atoms with Crippen molar-refractivity contribution in [3.63, 3.8) is 0 Å². The Hall–Kier alpha value is -0.570. The molecule has 1 fully saturated rings. The SMILES string of the molecule is CCCCN(CCCC)CC1(C(=O)O)CCC(C)CC1. The molecule has 0 aliphatic heterocycles. The molecule has 1 N–H and O–H groups in total. The van der Waals surface area contributed by atoms with Crippen LogP contribution in [0.2, 0.25) is 0 Å². The Morgan fingerprint density at radius 1 is 1.15 bits per heavy atom. The zero-order valence-corrected chi connectivity index (χ0v) is 13.7. The molecule has 20 heavy (non-hydrogen) atoms. The number of carboxylic acid groups (broad SMARTS) is 1. The van der Waals surface area contributed by atoms with Crippen molar-refractivity contribution in [1.29, 1.82) is 0 Å². The van der Waals surface area contributed by atoms with E-state index in [0.717, 1.165) is 45.3 Å². The van der Waals surface area contributed by atoms with Crippen LogP contribution in [0.1, 0.15) is 72.1 Å². The van der Waals surface area contributed by atoms with E-state index in [1.54, 1.807) is 0 Å². The molecule has 0 atom stereocenters. The lowest BCUT2D eigenvalue weighted by Gasteiger charge is -2.39. The minimum atomic E-state index is -0.567. The van der Waals surface area contributed by atoms with E-state index >= 15 is 0 Å². The van der Waals surface area contributed by atoms with E-state index in [2.05, 4.69) is 25.7 Å². The number of nitrogens with zero attached hydrogens (tertiary/aromatic N) is 1. The molecule has 0 saturated heterocycles. The maximum Gasteiger partial charge on any atom is 0.310 e. The number of carbonyl (C=O) groups is 1. The highest BCUT2D eigenvalue weighted by atomic mass is 16.4. The van der Waals surface area contributed by atoms with Crippen LogP contribution < -0.4 is 0 Å². The van der Waals surface area contributed by atoms with Crippen LogP contribution in [0.3, 0.4) is 0 Å². The van der Waals surface area contributed by atoms with Gasteiger partial charge in [0.05, 0.1) is 5.41 Å². The Morgan fingerprint density at radius 2 is 1.65 bits per heavy atom. The number of hydrogen-bond acceptors (Lipinski definition) is 2. The van der Waals surface area contributed by atoms with Gasteiger partial charge in [-0.05, 0) is 57.5 Å². The van der Waals surface area contributed by atoms with Crippen LogP contribution in [0.4, 0.5) is 0 Å². The predicted molar refractivity (Wildman–Crippen MR) is 84.0 cm³/mol. The third kappa shape index (κ3) is 5.08. The molecule has 0 bridgehead atoms. The second kappa shape index (κ2) is 8.66. The molecule has 1 aliphatic rings. The predicted octanol–water partition coefficient (Wildman–Crippen LogP) is 4.17. The van der Waals surface area contributed by atoms with Crippen LogP contribution in [0.15, 0.2) is 0 Å². The molecule has 3 nitrogen and oxygen atoms in total. The summed E-state index contributed by atoms with van der Waals surface area (Å²) in [7, 11) is 0. The number of rotatable bonds is 9. The quantitative estimate of drug-likeness (QED) is 0.690. The highest BCUT2D eigenvalue weighted by Gasteiger charge is 2.42. The van der Waals surface area contributed by atoms with Gasteiger partial charge in [0.2, 0.25) is 0 Å². The summed E-state index contributed by atoms with van der Waals surface area (Å²) in [6.07, 6.45) is 8.57. The van der Waals surface area contributed by atoms with E-state index in [4.69, 9.17) is 0 Å². The fourth-order valence-electron chi connectivity index (χ4n) is 3.22. The smallest absolute Gasteiger partial charge is 0.310 e. The summed E-state index contributed by atoms with van der Waals surface area (Å²) in [5.74, 6) is 0.129. The molecule has 1 saturated carbocycles. The summed E-state index contributed by atoms with van der Waals surface area (Å²) < 4.78 is 0. The van der Waals surface area contributed by atoms with E-state index in [-0.39, 0.29) is 0 Å². The summed E-state index contributed by atoms with van der Waals surface area (Å²) in [6.45, 7) is 9.52. The van der Waals surface area contributed by atoms with Crippen LogP contribution >= 0.6 is 0 Å². The topological polar surface area (TPSA) is 40.5 Å². The lowest BCUT2D eigenvalue weighted by Crippen LogP contribution is -2.46. The minimum absolute atomic E-state index is 0.478. The monoisotopic (exact) mass is 283 g/mol. The molecule has 0 aromatic heterocycles. The van der Waals surface area contributed by atoms with Crippen molar-refractivity contribution < 1.29 is 9.90 Å². The Morgan fingerprint density at radius 3 is 2.05 bits per heavy atom. The lowest BCUT2D eigenvalue weighted by atomic mass is 9.70. The van der Waals surface area contributed by atoms with Gasteiger partial charge < -0.3 is 10.0 Å². The van der Waals surface area contributed by atoms with Crippen LogP contribution in [-0.2, 0) is 4.79 Å². The molecule has 0 heterocycles. The van der Waals surface area contributed by atoms with Crippen LogP contribution in [-0.4, -0.2) is 35.6 Å². The van der Waals surface area contributed by atoms with Gasteiger partial charge in [0.25, 0.3) is 0 Å². The normalized spacial score (nSPS) is 26.9. The zero-order chi connectivity index (χ0) is 15.0. The van der Waals surface area contributed by atoms with Crippen LogP contribution in [0.5, 0.6) is 0 Å². The molecule has 0 unspecified atom stereocenters. The summed E-state index contributed by atoms with van der Waals surface area (Å²) in [5.41, 5.74) is -0.478. The van der Waals surface area contributed by atoms with E-state index in [9.17, 15) is 9.90 Å². The molecule has 1 rings (SSSR count). The Bertz CT molecular complexity index is 275. The van der Waals surface area contributed by atoms with Gasteiger partial charge in [-0.25, -0.2) is 0 Å². The highest BCUT2D eigenvalue weighted by molar-refractivity contribution is 5.75. The highest BCUT2D eigenvalue weighted by Crippen LogP contribution is 2.40. The van der Waals surface area contributed by atoms with Crippen LogP contribution in [0, 0.1) is 11.3 Å². The summed E-state index contributed by atoms with van der Waals surface area (Å²) in [6, 6.07) is 0. The van der Waals surface area contributed by atoms with Crippen molar-refractivity contribution in [3.05, 3.63) is 0 Å². The molecule has 3 heteroatoms. The van der Waals surface area contributed by atoms with Crippen molar-refractivity contribution in [1.82, 2.24) is 4.90 Å². The molecule has 0 radical (unpaired) electrons. The average molecular weight is 283 g/mol. The third-order valence-electron chi connectivity index (χ3n) is 4.87. The van der Waals surface area contributed by atoms with Crippen molar-refractivity contribution in [3.8, 4) is 0 Å². The fourth-order valence-corrected chi connectivity index (χ4v) is 3.22. The Balaban J connectivity index is 2.66. The molecule has 0 aromatic carbocycles. The first-order valence-corrected chi connectivity index (χ1v) is 8.50. The van der Waals surface area contributed by atoms with Crippen molar-refractivity contribution in [2.45, 2.75) is 72.1 Å². The molecule has 0 amide bonds. The van der Waals surface area contributed by atoms with Gasteiger partial charge in [-0.3, -0.25) is 4.79 Å². The van der Waals surface area contributed by atoms with E-state index < -0.39 is 11.4 Å². The van der Waals surface area contributed by atoms with E-state index in [1.807, 2.05) is 0 Å². The first-order chi connectivity index (χ1) is 9.54. The average Bonchev–Trinajstić information content (AvgIpc) is 2.44. The van der Waals surface area contributed by atoms with Crippen LogP contribution in [0.25, 0.3) is 0 Å². The molecule has 0 aromatic rings. The number of hydrogen-bond donors (Lipinski definition) is 1. The number of carboxylic acids is 1. The Labute approximate surface area is 124 Å². The standard InChI is InChI=1S/C17H33NO2/c1-4-6-12-18(13-7-5-2)14-17(16(19)20)10-8-15(3)9-11-17/h15H,4-14H2,1-3H3,(H,19,20). The number of aliphatic carboxylic acids is 1. The molecular formula is C17H33NO2. The molecular weight excluding hydrogens is 250 g/mol. The molecule has 0 spiro atoms. The van der Waals surface area contributed by atoms with Crippen molar-refractivity contribution >= 4 is 5.97 Å². The lowest BCUT2D eigenvalue weighted by molar-refractivity contribution is -0.153. The summed E-state index contributed by atoms with van der Waals surface area (Å²) >= 11 is 0. The second-order valence-corrected chi connectivity index (χ2v) is 6.75.